The summed E-state index contributed by atoms with van der Waals surface area (Å²) in [5.41, 5.74) is 2.93. The van der Waals surface area contributed by atoms with Crippen LogP contribution in [-0.2, 0) is 27.8 Å². The van der Waals surface area contributed by atoms with Crippen LogP contribution in [0.1, 0.15) is 25.0 Å². The molecule has 1 unspecified atom stereocenters. The molecule has 81 valence electrons. The monoisotopic (exact) mass is 319 g/mol. The normalized spacial score (nSPS) is 21.7. The van der Waals surface area contributed by atoms with Crippen molar-refractivity contribution in [2.45, 2.75) is 17.0 Å². The first-order valence-electron chi connectivity index (χ1n) is 4.68. The number of hydrogen-bond acceptors (Lipinski definition) is 0. The van der Waals surface area contributed by atoms with Crippen molar-refractivity contribution in [2.24, 2.45) is 5.92 Å². The molecule has 0 nitrogen and oxygen atoms in total. The van der Waals surface area contributed by atoms with Crippen LogP contribution < -0.4 is 0 Å². The van der Waals surface area contributed by atoms with E-state index in [-0.39, 0.29) is 24.8 Å². The molecule has 0 amide bonds. The molecule has 0 radical (unpaired) electrons. The largest absolute Gasteiger partial charge is 0.147 e. The van der Waals surface area contributed by atoms with Gasteiger partial charge < -0.3 is 0 Å². The zero-order valence-corrected chi connectivity index (χ0v) is 12.9. The molecule has 1 aliphatic carbocycles. The van der Waals surface area contributed by atoms with Gasteiger partial charge >= 0.3 is 95.2 Å². The fraction of sp³-hybridized carbons (Fsp3) is 0.333. The van der Waals surface area contributed by atoms with Gasteiger partial charge in [0.05, 0.1) is 0 Å². The molecular formula is C12H15Cl2Zr. The Kier molecular flexibility index (Phi) is 5.82. The van der Waals surface area contributed by atoms with Gasteiger partial charge in [-0.3, -0.25) is 0 Å². The minimum Gasteiger partial charge on any atom is -0.147 e. The van der Waals surface area contributed by atoms with Gasteiger partial charge in [0.1, 0.15) is 0 Å². The minimum atomic E-state index is 0. The molecule has 1 atom stereocenters. The second kappa shape index (κ2) is 5.66. The van der Waals surface area contributed by atoms with E-state index < -0.39 is 0 Å². The third kappa shape index (κ3) is 2.57. The Balaban J connectivity index is 0.000000980. The topological polar surface area (TPSA) is 0 Å². The first-order valence-corrected chi connectivity index (χ1v) is 5.91. The number of allylic oxidation sites excluding steroid dienone is 1. The molecule has 3 heteroatoms. The van der Waals surface area contributed by atoms with Gasteiger partial charge in [-0.25, -0.2) is 0 Å². The molecule has 1 aromatic rings. The quantitative estimate of drug-likeness (QED) is 0.734. The van der Waals surface area contributed by atoms with Crippen LogP contribution >= 0.6 is 24.8 Å². The fourth-order valence-corrected chi connectivity index (χ4v) is 2.60. The zero-order chi connectivity index (χ0) is 9.47. The van der Waals surface area contributed by atoms with E-state index in [4.69, 9.17) is 0 Å². The number of rotatable bonds is 1. The van der Waals surface area contributed by atoms with Crippen molar-refractivity contribution < 1.29 is 24.7 Å². The maximum Gasteiger partial charge on any atom is -0.147 e. The van der Waals surface area contributed by atoms with Crippen molar-refractivity contribution in [1.82, 2.24) is 0 Å². The molecule has 2 rings (SSSR count). The van der Waals surface area contributed by atoms with E-state index in [2.05, 4.69) is 50.3 Å². The summed E-state index contributed by atoms with van der Waals surface area (Å²) in [4.78, 5) is 0. The van der Waals surface area contributed by atoms with Crippen LogP contribution in [0.25, 0.3) is 6.08 Å². The number of fused-ring (bicyclic) bond motifs is 1. The summed E-state index contributed by atoms with van der Waals surface area (Å²) >= 11 is 1.60. The molecule has 1 aliphatic rings. The Morgan fingerprint density at radius 3 is 2.33 bits per heavy atom. The number of benzene rings is 1. The summed E-state index contributed by atoms with van der Waals surface area (Å²) in [5.74, 6) is 0.700. The SMILES string of the molecule is CC(C)[C]1([Zr])C=Cc2ccccc21.Cl.Cl. The summed E-state index contributed by atoms with van der Waals surface area (Å²) in [5, 5.41) is 0. The molecule has 0 spiro atoms. The Morgan fingerprint density at radius 1 is 1.13 bits per heavy atom. The van der Waals surface area contributed by atoms with Gasteiger partial charge in [0.15, 0.2) is 0 Å². The van der Waals surface area contributed by atoms with Crippen molar-refractivity contribution in [3.05, 3.63) is 41.5 Å². The smallest absolute Gasteiger partial charge is 0.147 e. The van der Waals surface area contributed by atoms with Gasteiger partial charge in [0.25, 0.3) is 0 Å². The molecule has 0 N–H and O–H groups in total. The van der Waals surface area contributed by atoms with Crippen LogP contribution in [0.4, 0.5) is 0 Å². The molecule has 0 heterocycles. The molecule has 0 aliphatic heterocycles. The first-order chi connectivity index (χ1) is 6.14. The van der Waals surface area contributed by atoms with Crippen molar-refractivity contribution in [3.8, 4) is 0 Å². The molecular weight excluding hydrogens is 306 g/mol. The van der Waals surface area contributed by atoms with Crippen LogP contribution in [0, 0.1) is 5.92 Å². The molecule has 0 aromatic heterocycles. The van der Waals surface area contributed by atoms with Crippen LogP contribution in [0.5, 0.6) is 0 Å². The van der Waals surface area contributed by atoms with Crippen molar-refractivity contribution in [1.29, 1.82) is 0 Å². The Bertz CT molecular complexity index is 360. The van der Waals surface area contributed by atoms with Crippen LogP contribution in [0.15, 0.2) is 30.3 Å². The van der Waals surface area contributed by atoms with Crippen molar-refractivity contribution in [3.63, 3.8) is 0 Å². The van der Waals surface area contributed by atoms with E-state index in [1.807, 2.05) is 0 Å². The van der Waals surface area contributed by atoms with Gasteiger partial charge in [-0.05, 0) is 0 Å². The standard InChI is InChI=1S/C12H13.2ClH.Zr/c1-9(2)11-8-7-10-5-3-4-6-12(10)11;;;/h3-9H,1-2H3;2*1H;. The Hall–Kier alpha value is 0.423. The zero-order valence-electron chi connectivity index (χ0n) is 8.86. The molecule has 0 saturated heterocycles. The van der Waals surface area contributed by atoms with Crippen molar-refractivity contribution >= 4 is 30.9 Å². The third-order valence-electron chi connectivity index (χ3n) is 2.84. The maximum atomic E-state index is 2.38. The third-order valence-corrected chi connectivity index (χ3v) is 5.33. The fourth-order valence-electron chi connectivity index (χ4n) is 1.83. The average Bonchev–Trinajstić information content (AvgIpc) is 2.47. The van der Waals surface area contributed by atoms with E-state index >= 15 is 0 Å². The van der Waals surface area contributed by atoms with Gasteiger partial charge in [-0.2, -0.15) is 0 Å². The summed E-state index contributed by atoms with van der Waals surface area (Å²) < 4.78 is 0.337. The van der Waals surface area contributed by atoms with E-state index in [0.29, 0.717) is 9.04 Å². The summed E-state index contributed by atoms with van der Waals surface area (Å²) in [6, 6.07) is 8.74. The second-order valence-electron chi connectivity index (χ2n) is 3.94. The molecule has 0 saturated carbocycles. The minimum absolute atomic E-state index is 0. The Morgan fingerprint density at radius 2 is 1.73 bits per heavy atom. The molecule has 0 fully saturated rings. The van der Waals surface area contributed by atoms with Gasteiger partial charge in [-0.1, -0.05) is 0 Å². The van der Waals surface area contributed by atoms with Crippen LogP contribution in [0.3, 0.4) is 0 Å². The molecule has 15 heavy (non-hydrogen) atoms. The van der Waals surface area contributed by atoms with Crippen molar-refractivity contribution in [2.75, 3.05) is 0 Å². The summed E-state index contributed by atoms with van der Waals surface area (Å²) in [7, 11) is 0. The molecule has 0 bridgehead atoms. The Labute approximate surface area is 119 Å². The maximum absolute atomic E-state index is 2.38. The van der Waals surface area contributed by atoms with E-state index in [1.165, 1.54) is 11.1 Å². The average molecular weight is 321 g/mol. The van der Waals surface area contributed by atoms with Crippen LogP contribution in [-0.4, -0.2) is 0 Å². The van der Waals surface area contributed by atoms with E-state index in [0.717, 1.165) is 0 Å². The van der Waals surface area contributed by atoms with Gasteiger partial charge in [0, 0.05) is 0 Å². The number of halogens is 2. The van der Waals surface area contributed by atoms with Gasteiger partial charge in [-0.15, -0.1) is 24.8 Å². The molecule has 1 aromatic carbocycles. The summed E-state index contributed by atoms with van der Waals surface area (Å²) in [6.07, 6.45) is 4.64. The first kappa shape index (κ1) is 15.4. The van der Waals surface area contributed by atoms with Crippen LogP contribution in [0.2, 0.25) is 0 Å². The van der Waals surface area contributed by atoms with E-state index in [9.17, 15) is 0 Å². The second-order valence-corrected chi connectivity index (χ2v) is 5.98. The predicted molar refractivity (Wildman–Crippen MR) is 66.5 cm³/mol. The predicted octanol–water partition coefficient (Wildman–Crippen LogP) is 3.96. The summed E-state index contributed by atoms with van der Waals surface area (Å²) in [6.45, 7) is 4.61. The van der Waals surface area contributed by atoms with E-state index in [1.54, 1.807) is 24.7 Å². The number of hydrogen-bond donors (Lipinski definition) is 0. The van der Waals surface area contributed by atoms with Gasteiger partial charge in [0.2, 0.25) is 0 Å².